The van der Waals surface area contributed by atoms with Crippen LogP contribution >= 0.6 is 0 Å². The molecule has 0 aromatic carbocycles. The molecule has 0 saturated carbocycles. The van der Waals surface area contributed by atoms with Gasteiger partial charge in [-0.25, -0.2) is 0 Å². The van der Waals surface area contributed by atoms with Crippen LogP contribution in [0.5, 0.6) is 0 Å². The molecule has 0 aromatic heterocycles. The van der Waals surface area contributed by atoms with Crippen molar-refractivity contribution in [1.82, 2.24) is 0 Å². The van der Waals surface area contributed by atoms with Crippen LogP contribution in [-0.4, -0.2) is 18.5 Å². The molecule has 0 aliphatic carbocycles. The smallest absolute Gasteiger partial charge is 0.158 e. The van der Waals surface area contributed by atoms with E-state index in [0.29, 0.717) is 0 Å². The molecule has 2 unspecified atom stereocenters. The third-order valence-corrected chi connectivity index (χ3v) is 1.26. The normalized spacial score (nSPS) is 17.1. The van der Waals surface area contributed by atoms with Crippen molar-refractivity contribution in [3.8, 4) is 24.7 Å². The van der Waals surface area contributed by atoms with Crippen LogP contribution in [0.15, 0.2) is 0 Å². The molecular formula is C10H14O2. The van der Waals surface area contributed by atoms with Crippen LogP contribution in [0.4, 0.5) is 0 Å². The van der Waals surface area contributed by atoms with Gasteiger partial charge in [-0.15, -0.1) is 12.8 Å². The Labute approximate surface area is 74.2 Å². The van der Waals surface area contributed by atoms with E-state index in [1.54, 1.807) is 20.8 Å². The fourth-order valence-corrected chi connectivity index (χ4v) is 0.686. The molecule has 0 rings (SSSR count). The molecule has 66 valence electrons. The minimum atomic E-state index is -0.359. The van der Waals surface area contributed by atoms with Gasteiger partial charge in [0, 0.05) is 0 Å². The van der Waals surface area contributed by atoms with Crippen LogP contribution < -0.4 is 0 Å². The minimum Gasteiger partial charge on any atom is -0.337 e. The lowest BCUT2D eigenvalue weighted by Crippen LogP contribution is -2.22. The lowest BCUT2D eigenvalue weighted by Gasteiger charge is -2.17. The predicted octanol–water partition coefficient (Wildman–Crippen LogP) is 1.41. The Hall–Kier alpha value is -0.960. The summed E-state index contributed by atoms with van der Waals surface area (Å²) in [6.07, 6.45) is 9.38. The van der Waals surface area contributed by atoms with Gasteiger partial charge in [0.1, 0.15) is 12.2 Å². The van der Waals surface area contributed by atoms with Crippen molar-refractivity contribution in [2.75, 3.05) is 0 Å². The lowest BCUT2D eigenvalue weighted by molar-refractivity contribution is -0.154. The first kappa shape index (κ1) is 11.0. The van der Waals surface area contributed by atoms with Gasteiger partial charge < -0.3 is 9.47 Å². The van der Waals surface area contributed by atoms with Crippen LogP contribution in [0.3, 0.4) is 0 Å². The van der Waals surface area contributed by atoms with Crippen LogP contribution in [0, 0.1) is 24.7 Å². The second-order valence-corrected chi connectivity index (χ2v) is 2.46. The van der Waals surface area contributed by atoms with Crippen molar-refractivity contribution in [2.24, 2.45) is 0 Å². The Morgan fingerprint density at radius 2 is 1.25 bits per heavy atom. The molecule has 0 aliphatic heterocycles. The second-order valence-electron chi connectivity index (χ2n) is 2.46. The molecule has 0 heterocycles. The van der Waals surface area contributed by atoms with Gasteiger partial charge >= 0.3 is 0 Å². The highest BCUT2D eigenvalue weighted by Crippen LogP contribution is 2.01. The van der Waals surface area contributed by atoms with E-state index in [1.165, 1.54) is 0 Å². The van der Waals surface area contributed by atoms with Crippen LogP contribution in [-0.2, 0) is 9.47 Å². The molecule has 0 fully saturated rings. The molecule has 0 radical (unpaired) electrons. The minimum absolute atomic E-state index is 0.245. The summed E-state index contributed by atoms with van der Waals surface area (Å²) in [5, 5.41) is 0. The summed E-state index contributed by atoms with van der Waals surface area (Å²) in [5.74, 6) is 4.87. The van der Waals surface area contributed by atoms with E-state index in [1.807, 2.05) is 0 Å². The summed E-state index contributed by atoms with van der Waals surface area (Å²) in [5.41, 5.74) is 0. The Morgan fingerprint density at radius 3 is 1.50 bits per heavy atom. The fourth-order valence-electron chi connectivity index (χ4n) is 0.686. The SMILES string of the molecule is C#CC(C)OC(C)OC(C)C#C. The van der Waals surface area contributed by atoms with Gasteiger partial charge in [0.05, 0.1) is 0 Å². The van der Waals surface area contributed by atoms with Gasteiger partial charge in [-0.3, -0.25) is 0 Å². The highest BCUT2D eigenvalue weighted by Gasteiger charge is 2.08. The highest BCUT2D eigenvalue weighted by atomic mass is 16.7. The van der Waals surface area contributed by atoms with E-state index in [-0.39, 0.29) is 18.5 Å². The van der Waals surface area contributed by atoms with E-state index in [2.05, 4.69) is 11.8 Å². The number of ether oxygens (including phenoxy) is 2. The first-order valence-corrected chi connectivity index (χ1v) is 3.83. The Bertz CT molecular complexity index is 175. The van der Waals surface area contributed by atoms with Crippen molar-refractivity contribution < 1.29 is 9.47 Å². The summed E-state index contributed by atoms with van der Waals surface area (Å²) in [6, 6.07) is 0. The topological polar surface area (TPSA) is 18.5 Å². The zero-order valence-electron chi connectivity index (χ0n) is 7.70. The summed E-state index contributed by atoms with van der Waals surface area (Å²) in [6.45, 7) is 5.32. The molecule has 2 heteroatoms. The quantitative estimate of drug-likeness (QED) is 0.464. The number of terminal acetylenes is 2. The Balaban J connectivity index is 3.69. The molecule has 0 saturated heterocycles. The van der Waals surface area contributed by atoms with Crippen LogP contribution in [0.2, 0.25) is 0 Å². The van der Waals surface area contributed by atoms with E-state index >= 15 is 0 Å². The molecule has 0 amide bonds. The number of hydrogen-bond donors (Lipinski definition) is 0. The molecule has 0 N–H and O–H groups in total. The van der Waals surface area contributed by atoms with Crippen LogP contribution in [0.25, 0.3) is 0 Å². The summed E-state index contributed by atoms with van der Waals surface area (Å²) < 4.78 is 10.4. The molecule has 0 bridgehead atoms. The molecular weight excluding hydrogens is 152 g/mol. The Morgan fingerprint density at radius 1 is 0.917 bits per heavy atom. The lowest BCUT2D eigenvalue weighted by atomic mass is 10.4. The van der Waals surface area contributed by atoms with Crippen molar-refractivity contribution in [1.29, 1.82) is 0 Å². The van der Waals surface area contributed by atoms with Crippen molar-refractivity contribution in [2.45, 2.75) is 39.3 Å². The zero-order valence-corrected chi connectivity index (χ0v) is 7.70. The maximum Gasteiger partial charge on any atom is 0.158 e. The fraction of sp³-hybridized carbons (Fsp3) is 0.600. The molecule has 0 aromatic rings. The first-order chi connectivity index (χ1) is 5.60. The summed E-state index contributed by atoms with van der Waals surface area (Å²) in [4.78, 5) is 0. The van der Waals surface area contributed by atoms with Gasteiger partial charge in [0.25, 0.3) is 0 Å². The van der Waals surface area contributed by atoms with Crippen molar-refractivity contribution >= 4 is 0 Å². The molecule has 2 nitrogen and oxygen atoms in total. The van der Waals surface area contributed by atoms with E-state index in [0.717, 1.165) is 0 Å². The molecule has 0 spiro atoms. The first-order valence-electron chi connectivity index (χ1n) is 3.83. The average Bonchev–Trinajstić information content (AvgIpc) is 2.03. The number of hydrogen-bond acceptors (Lipinski definition) is 2. The van der Waals surface area contributed by atoms with Crippen molar-refractivity contribution in [3.05, 3.63) is 0 Å². The summed E-state index contributed by atoms with van der Waals surface area (Å²) >= 11 is 0. The highest BCUT2D eigenvalue weighted by molar-refractivity contribution is 4.93. The maximum atomic E-state index is 5.22. The van der Waals surface area contributed by atoms with E-state index in [4.69, 9.17) is 22.3 Å². The molecule has 12 heavy (non-hydrogen) atoms. The van der Waals surface area contributed by atoms with Crippen LogP contribution in [0.1, 0.15) is 20.8 Å². The largest absolute Gasteiger partial charge is 0.337 e. The van der Waals surface area contributed by atoms with Gasteiger partial charge in [-0.2, -0.15) is 0 Å². The Kier molecular flexibility index (Phi) is 5.21. The zero-order chi connectivity index (χ0) is 9.56. The molecule has 0 aliphatic rings. The second kappa shape index (κ2) is 5.66. The third-order valence-electron chi connectivity index (χ3n) is 1.26. The maximum absolute atomic E-state index is 5.22. The van der Waals surface area contributed by atoms with E-state index in [9.17, 15) is 0 Å². The van der Waals surface area contributed by atoms with Crippen molar-refractivity contribution in [3.63, 3.8) is 0 Å². The standard InChI is InChI=1S/C10H14O2/c1-6-8(3)11-10(5)12-9(4)7-2/h1-2,8-10H,3-5H3. The van der Waals surface area contributed by atoms with Gasteiger partial charge in [-0.05, 0) is 20.8 Å². The third kappa shape index (κ3) is 4.79. The van der Waals surface area contributed by atoms with Gasteiger partial charge in [0.2, 0.25) is 0 Å². The predicted molar refractivity (Wildman–Crippen MR) is 48.2 cm³/mol. The molecule has 2 atom stereocenters. The van der Waals surface area contributed by atoms with Gasteiger partial charge in [0.15, 0.2) is 6.29 Å². The van der Waals surface area contributed by atoms with E-state index < -0.39 is 0 Å². The van der Waals surface area contributed by atoms with Gasteiger partial charge in [-0.1, -0.05) is 11.8 Å². The monoisotopic (exact) mass is 166 g/mol. The number of rotatable bonds is 4. The summed E-state index contributed by atoms with van der Waals surface area (Å²) in [7, 11) is 0. The average molecular weight is 166 g/mol.